The second-order valence-electron chi connectivity index (χ2n) is 18.9. The normalized spacial score (nSPS) is 24.0. The van der Waals surface area contributed by atoms with Crippen LogP contribution in [-0.4, -0.2) is 102 Å². The van der Waals surface area contributed by atoms with Gasteiger partial charge in [0.1, 0.15) is 24.7 Å². The molecule has 2 amide bonds. The number of alkyl halides is 6. The van der Waals surface area contributed by atoms with E-state index < -0.39 is 403 Å². The van der Waals surface area contributed by atoms with Crippen molar-refractivity contribution in [3.05, 3.63) is 232 Å². The third-order valence-electron chi connectivity index (χ3n) is 12.7. The van der Waals surface area contributed by atoms with E-state index >= 15 is 9.59 Å². The van der Waals surface area contributed by atoms with Crippen LogP contribution in [0.25, 0.3) is 22.3 Å². The van der Waals surface area contributed by atoms with Crippen LogP contribution in [0.5, 0.6) is 0 Å². The number of rotatable bonds is 26. The minimum absolute atomic E-state index is 0.0428. The highest BCUT2D eigenvalue weighted by molar-refractivity contribution is 7.98. The van der Waals surface area contributed by atoms with Crippen LogP contribution in [0.2, 0.25) is 0 Å². The van der Waals surface area contributed by atoms with Gasteiger partial charge in [0.2, 0.25) is 11.8 Å². The summed E-state index contributed by atoms with van der Waals surface area (Å²) in [7, 11) is 0. The summed E-state index contributed by atoms with van der Waals surface area (Å²) in [5, 5.41) is -2.32. The second kappa shape index (κ2) is 32.9. The average Bonchev–Trinajstić information content (AvgIpc) is 1.52. The molecule has 0 spiro atoms. The fourth-order valence-corrected chi connectivity index (χ4v) is 9.66. The van der Waals surface area contributed by atoms with Gasteiger partial charge in [-0.3, -0.25) is 19.2 Å². The number of hydrogen-bond donors (Lipinski definition) is 0. The maximum absolute atomic E-state index is 15.4. The Morgan fingerprint density at radius 3 is 1.31 bits per heavy atom. The molecule has 0 radical (unpaired) electrons. The van der Waals surface area contributed by atoms with Crippen molar-refractivity contribution in [2.75, 3.05) is 52.0 Å². The van der Waals surface area contributed by atoms with E-state index in [0.717, 1.165) is 6.92 Å². The second-order valence-corrected chi connectivity index (χ2v) is 20.5. The van der Waals surface area contributed by atoms with Gasteiger partial charge in [-0.05, 0) is 170 Å². The molecule has 0 unspecified atom stereocenters. The van der Waals surface area contributed by atoms with Gasteiger partial charge in [-0.1, -0.05) is 148 Å². The quantitative estimate of drug-likeness (QED) is 0.0295. The van der Waals surface area contributed by atoms with E-state index in [1.165, 1.54) is 0 Å². The van der Waals surface area contributed by atoms with Gasteiger partial charge in [0.15, 0.2) is 10.3 Å². The van der Waals surface area contributed by atoms with Crippen molar-refractivity contribution >= 4 is 35.3 Å². The zero-order valence-electron chi connectivity index (χ0n) is 102. The van der Waals surface area contributed by atoms with E-state index in [1.807, 2.05) is 0 Å². The Bertz CT molecular complexity index is 6760. The van der Waals surface area contributed by atoms with Gasteiger partial charge in [0, 0.05) is 103 Å². The van der Waals surface area contributed by atoms with Crippen LogP contribution in [0.1, 0.15) is 179 Å². The molecule has 0 atom stereocenters. The summed E-state index contributed by atoms with van der Waals surface area (Å²) in [5.41, 5.74) is -29.3. The highest BCUT2D eigenvalue weighted by atomic mass is 32.2. The summed E-state index contributed by atoms with van der Waals surface area (Å²) in [6.07, 6.45) is -22.4. The molecule has 2 aliphatic carbocycles. The van der Waals surface area contributed by atoms with Crippen LogP contribution < -0.4 is 11.1 Å². The van der Waals surface area contributed by atoms with Gasteiger partial charge in [-0.25, -0.2) is 8.78 Å². The molecular weight excluding hydrogens is 1280 g/mol. The smallest absolute Gasteiger partial charge is 0.336 e. The molecule has 10 rings (SSSR count). The average molecular weight is 1410 g/mol. The van der Waals surface area contributed by atoms with Gasteiger partial charge < -0.3 is 28.7 Å². The van der Waals surface area contributed by atoms with Crippen LogP contribution in [-0.2, 0) is 85.0 Å². The Hall–Kier alpha value is -7.92. The molecule has 22 heteroatoms. The van der Waals surface area contributed by atoms with Crippen LogP contribution in [0.15, 0.2) is 153 Å². The van der Waals surface area contributed by atoms with Crippen molar-refractivity contribution in [2.45, 2.75) is 140 Å². The maximum atomic E-state index is 15.4. The van der Waals surface area contributed by atoms with E-state index in [1.54, 1.807) is 0 Å². The van der Waals surface area contributed by atoms with E-state index in [-0.39, 0.29) is 51.7 Å². The number of likely N-dealkylation sites (N-methyl/N-ethyl adjacent to an activating group) is 2. The number of aromatic nitrogens is 4. The lowest BCUT2D eigenvalue weighted by molar-refractivity contribution is -0.138. The lowest BCUT2D eigenvalue weighted by Crippen LogP contribution is -2.40. The van der Waals surface area contributed by atoms with Gasteiger partial charge in [0.25, 0.3) is 11.1 Å². The van der Waals surface area contributed by atoms with Crippen molar-refractivity contribution in [2.24, 2.45) is 0 Å². The monoisotopic (exact) mass is 1410 g/mol. The Morgan fingerprint density at radius 2 is 0.906 bits per heavy atom. The van der Waals surface area contributed by atoms with Crippen molar-refractivity contribution in [3.8, 4) is 22.3 Å². The lowest BCUT2D eigenvalue weighted by Gasteiger charge is -2.28. The van der Waals surface area contributed by atoms with Crippen LogP contribution >= 0.6 is 23.5 Å². The van der Waals surface area contributed by atoms with E-state index in [4.69, 9.17) is 60.3 Å². The first-order valence-electron chi connectivity index (χ1n) is 53.2. The third-order valence-corrected chi connectivity index (χ3v) is 14.3. The van der Waals surface area contributed by atoms with Gasteiger partial charge >= 0.3 is 12.4 Å². The number of nitrogens with zero attached hydrogens (tertiary/aromatic N) is 8. The Labute approximate surface area is 636 Å². The molecule has 6 aromatic carbocycles. The fraction of sp³-hybridized carbons (Fsp3) is 0.378. The summed E-state index contributed by atoms with van der Waals surface area (Å²) in [4.78, 5) is 62.5. The maximum Gasteiger partial charge on any atom is 0.416 e. The number of carbonyl (C=O) groups is 2. The van der Waals surface area contributed by atoms with Gasteiger partial charge in [-0.15, -0.1) is 0 Å². The summed E-state index contributed by atoms with van der Waals surface area (Å²) in [6.45, 7) is -40.3. The Morgan fingerprint density at radius 1 is 0.521 bits per heavy atom. The molecule has 0 N–H and O–H groups in total. The third kappa shape index (κ3) is 18.8. The molecule has 0 aliphatic heterocycles. The molecule has 2 aliphatic rings. The molecule has 0 saturated heterocycles. The minimum atomic E-state index is -5.36. The number of benzene rings is 6. The standard InChI is InChI=1S/2C37H40F4N4O2S/c2*1-4-43(5-2)19-20-44(22-26-9-13-28(14-10-26)29-15-18-32(25(3)21-29)37(39,40)41)34(46)23-45-33-8-6-7-31(33)35(47)42-36(45)48-24-27-11-16-30(38)17-12-27/h2*9-18,21H,4-8,19-20,22-24H2,1-3H3/i4D2,5D2,6D2,7D2,8D2,9D,10D,11D,12D,13D,14D,15D,16D,17D,18D,19D2,20D2,21D,22D2,24D2;4D2,5D2,9D,10D,11D,12D,13D,14D,15D,16D,17D,18D,19D2,20D2,21D,22D2,24D2. The molecule has 12 nitrogen and oxygen atoms in total. The number of amides is 2. The van der Waals surface area contributed by atoms with E-state index in [0.29, 0.717) is 39.2 Å². The number of thioether (sulfide) groups is 2. The number of hydrogen-bond acceptors (Lipinski definition) is 10. The van der Waals surface area contributed by atoms with E-state index in [2.05, 4.69) is 9.97 Å². The van der Waals surface area contributed by atoms with Gasteiger partial charge in [0.05, 0.1) is 52.2 Å². The SMILES string of the molecule is [2H]c1c([2H])c(C([2H])([2H])Sc2nc(=O)c3c(n2CC(=O)N(C([2H])([2H])c2c([2H])c([2H])c(-c4c([2H])c([2H])c(C(F)(F)F)c(C)c4[2H])c([2H])c2[2H])C([2H])([2H])C([2H])([2H])N(C([2H])([2H])C)C([2H])([2H])C)C([2H])([2H])C([2H])([2H])C3([2H])[2H])c([2H])c([2H])c1F.[2H]c1c([2H])c(C([2H])([2H])Sc2nc(=O)c3c(n2CC(=O)N(C([2H])([2H])c2c([2H])c([2H])c(-c4c([2H])c([2H])c(C(F)(F)F)c(C)c4[2H])c([2H])c2[2H])C([2H])([2H])C([2H])([2H])N(C([2H])([2H])C)C([2H])([2H])C)CCC3)c([2H])c([2H])c1F. The number of carbonyl (C=O) groups excluding carboxylic acids is 2. The van der Waals surface area contributed by atoms with Gasteiger partial charge in [-0.2, -0.15) is 36.3 Å². The zero-order valence-corrected chi connectivity index (χ0v) is 51.7. The Kier molecular flexibility index (Phi) is 10.4. The molecular formula is C74H80F8N8O4S2. The number of fused-ring (bicyclic) bond motifs is 2. The van der Waals surface area contributed by atoms with Crippen molar-refractivity contribution in [3.63, 3.8) is 0 Å². The molecule has 2 aromatic heterocycles. The first-order valence-corrected chi connectivity index (χ1v) is 28.8. The predicted octanol–water partition coefficient (Wildman–Crippen LogP) is 15.1. The summed E-state index contributed by atoms with van der Waals surface area (Å²) >= 11 is -0.701. The topological polar surface area (TPSA) is 117 Å². The minimum Gasteiger partial charge on any atom is -0.336 e. The summed E-state index contributed by atoms with van der Waals surface area (Å²) in [5.74, 6) is -7.88. The van der Waals surface area contributed by atoms with Crippen LogP contribution in [0, 0.1) is 25.5 Å². The summed E-state index contributed by atoms with van der Waals surface area (Å²) in [6, 6.07) is -32.0. The largest absolute Gasteiger partial charge is 0.416 e. The summed E-state index contributed by atoms with van der Waals surface area (Å²) < 4.78 is 563. The van der Waals surface area contributed by atoms with Crippen LogP contribution in [0.4, 0.5) is 35.1 Å². The van der Waals surface area contributed by atoms with E-state index in [9.17, 15) is 55.7 Å². The van der Waals surface area contributed by atoms with Crippen molar-refractivity contribution in [1.29, 1.82) is 0 Å². The van der Waals surface area contributed by atoms with Crippen LogP contribution in [0.3, 0.4) is 0 Å². The zero-order chi connectivity index (χ0) is 115. The highest BCUT2D eigenvalue weighted by Gasteiger charge is 2.34. The first kappa shape index (κ1) is 30.5. The van der Waals surface area contributed by atoms with Crippen molar-refractivity contribution < 1.29 is 116 Å². The first-order chi connectivity index (χ1) is 66.1. The molecule has 508 valence electrons. The fourth-order valence-electron chi connectivity index (χ4n) is 8.26. The highest BCUT2D eigenvalue weighted by Crippen LogP contribution is 2.37. The predicted molar refractivity (Wildman–Crippen MR) is 363 cm³/mol. The molecule has 0 bridgehead atoms. The molecule has 8 aromatic rings. The molecule has 2 heterocycles. The molecule has 0 fully saturated rings. The lowest BCUT2D eigenvalue weighted by atomic mass is 9.98. The Balaban J connectivity index is 0.000000330. The van der Waals surface area contributed by atoms with Crippen molar-refractivity contribution in [1.82, 2.24) is 38.7 Å². The number of halogens is 8. The molecule has 0 saturated carbocycles. The molecule has 96 heavy (non-hydrogen) atoms.